The van der Waals surface area contributed by atoms with Gasteiger partial charge in [-0.1, -0.05) is 11.8 Å². The van der Waals surface area contributed by atoms with Crippen LogP contribution in [-0.4, -0.2) is 78.5 Å². The highest BCUT2D eigenvalue weighted by molar-refractivity contribution is 7.99. The average Bonchev–Trinajstić information content (AvgIpc) is 3.35. The number of aromatic amines is 1. The summed E-state index contributed by atoms with van der Waals surface area (Å²) in [5.74, 6) is -1.36. The van der Waals surface area contributed by atoms with E-state index < -0.39 is 11.6 Å². The SMILES string of the molecule is CN1CCN(c2ccc(C(=O)Nc3n[nH]c4ccc(Sc5cc(F)cc(F)c5)nc34)c(NC3CCOCC3)c2)CC1. The predicted octanol–water partition coefficient (Wildman–Crippen LogP) is 4.98. The van der Waals surface area contributed by atoms with Crippen molar-refractivity contribution in [3.05, 3.63) is 65.7 Å². The van der Waals surface area contributed by atoms with Crippen LogP contribution in [0.1, 0.15) is 23.2 Å². The molecule has 0 saturated carbocycles. The van der Waals surface area contributed by atoms with Crippen LogP contribution in [0.5, 0.6) is 0 Å². The third kappa shape index (κ3) is 6.45. The number of likely N-dealkylation sites (N-methyl/N-ethyl adjacent to an activating group) is 1. The lowest BCUT2D eigenvalue weighted by Crippen LogP contribution is -2.44. The molecule has 6 rings (SSSR count). The van der Waals surface area contributed by atoms with Gasteiger partial charge in [0, 0.05) is 67.8 Å². The molecule has 4 aromatic rings. The van der Waals surface area contributed by atoms with Gasteiger partial charge in [0.15, 0.2) is 5.82 Å². The molecule has 0 radical (unpaired) electrons. The number of H-pyrrole nitrogens is 1. The number of ether oxygens (including phenoxy) is 1. The van der Waals surface area contributed by atoms with Crippen molar-refractivity contribution in [3.63, 3.8) is 0 Å². The van der Waals surface area contributed by atoms with Crippen molar-refractivity contribution < 1.29 is 18.3 Å². The number of halogens is 2. The summed E-state index contributed by atoms with van der Waals surface area (Å²) in [6.07, 6.45) is 1.73. The molecule has 0 bridgehead atoms. The number of fused-ring (bicyclic) bond motifs is 1. The Morgan fingerprint density at radius 2 is 1.78 bits per heavy atom. The molecule has 2 aromatic heterocycles. The molecular weight excluding hydrogens is 548 g/mol. The van der Waals surface area contributed by atoms with Gasteiger partial charge in [0.25, 0.3) is 5.91 Å². The van der Waals surface area contributed by atoms with Crippen LogP contribution in [0.2, 0.25) is 0 Å². The lowest BCUT2D eigenvalue weighted by Gasteiger charge is -2.34. The fraction of sp³-hybridized carbons (Fsp3) is 0.345. The Morgan fingerprint density at radius 3 is 2.54 bits per heavy atom. The normalized spacial score (nSPS) is 16.7. The number of amides is 1. The van der Waals surface area contributed by atoms with Crippen LogP contribution < -0.4 is 15.5 Å². The Kier molecular flexibility index (Phi) is 8.04. The van der Waals surface area contributed by atoms with E-state index >= 15 is 0 Å². The van der Waals surface area contributed by atoms with Crippen molar-refractivity contribution >= 4 is 45.9 Å². The van der Waals surface area contributed by atoms with Crippen molar-refractivity contribution in [2.75, 3.05) is 62.0 Å². The van der Waals surface area contributed by atoms with Crippen molar-refractivity contribution in [1.82, 2.24) is 20.1 Å². The third-order valence-electron chi connectivity index (χ3n) is 7.37. The third-order valence-corrected chi connectivity index (χ3v) is 8.28. The second kappa shape index (κ2) is 12.0. The summed E-state index contributed by atoms with van der Waals surface area (Å²) in [5.41, 5.74) is 3.43. The van der Waals surface area contributed by atoms with Gasteiger partial charge in [0.1, 0.15) is 22.2 Å². The minimum atomic E-state index is -0.659. The summed E-state index contributed by atoms with van der Waals surface area (Å²) >= 11 is 1.12. The molecular formula is C29H31F2N7O2S. The fourth-order valence-electron chi connectivity index (χ4n) is 5.08. The molecule has 3 N–H and O–H groups in total. The number of pyridine rings is 1. The van der Waals surface area contributed by atoms with Crippen molar-refractivity contribution in [2.45, 2.75) is 28.8 Å². The van der Waals surface area contributed by atoms with E-state index in [-0.39, 0.29) is 17.8 Å². The lowest BCUT2D eigenvalue weighted by atomic mass is 10.1. The first kappa shape index (κ1) is 27.4. The Balaban J connectivity index is 1.25. The average molecular weight is 580 g/mol. The van der Waals surface area contributed by atoms with E-state index in [0.29, 0.717) is 39.7 Å². The summed E-state index contributed by atoms with van der Waals surface area (Å²) in [6, 6.07) is 12.9. The zero-order chi connectivity index (χ0) is 28.3. The van der Waals surface area contributed by atoms with E-state index in [1.807, 2.05) is 12.1 Å². The molecule has 2 fully saturated rings. The van der Waals surface area contributed by atoms with Gasteiger partial charge in [-0.25, -0.2) is 13.8 Å². The molecule has 1 amide bonds. The number of carbonyl (C=O) groups is 1. The number of nitrogens with zero attached hydrogens (tertiary/aromatic N) is 4. The van der Waals surface area contributed by atoms with Gasteiger partial charge >= 0.3 is 0 Å². The summed E-state index contributed by atoms with van der Waals surface area (Å²) < 4.78 is 32.9. The smallest absolute Gasteiger partial charge is 0.259 e. The molecule has 0 spiro atoms. The number of anilines is 3. The maximum Gasteiger partial charge on any atom is 0.259 e. The molecule has 9 nitrogen and oxygen atoms in total. The van der Waals surface area contributed by atoms with Crippen molar-refractivity contribution in [1.29, 1.82) is 0 Å². The molecule has 4 heterocycles. The molecule has 0 atom stereocenters. The van der Waals surface area contributed by atoms with Crippen LogP contribution in [0.15, 0.2) is 58.5 Å². The number of carbonyl (C=O) groups excluding carboxylic acids is 1. The first-order valence-electron chi connectivity index (χ1n) is 13.6. The number of benzene rings is 2. The van der Waals surface area contributed by atoms with Crippen molar-refractivity contribution in [2.24, 2.45) is 0 Å². The van der Waals surface area contributed by atoms with Crippen LogP contribution >= 0.6 is 11.8 Å². The van der Waals surface area contributed by atoms with Crippen LogP contribution in [0.25, 0.3) is 11.0 Å². The first-order valence-corrected chi connectivity index (χ1v) is 14.5. The molecule has 214 valence electrons. The minimum Gasteiger partial charge on any atom is -0.381 e. The van der Waals surface area contributed by atoms with Gasteiger partial charge in [0.05, 0.1) is 11.1 Å². The Bertz CT molecular complexity index is 1530. The largest absolute Gasteiger partial charge is 0.381 e. The molecule has 2 saturated heterocycles. The molecule has 12 heteroatoms. The van der Waals surface area contributed by atoms with Gasteiger partial charge in [-0.05, 0) is 62.4 Å². The van der Waals surface area contributed by atoms with Crippen LogP contribution in [0, 0.1) is 11.6 Å². The number of nitrogens with one attached hydrogen (secondary N) is 3. The first-order chi connectivity index (χ1) is 19.9. The van der Waals surface area contributed by atoms with E-state index in [1.54, 1.807) is 12.1 Å². The number of piperazine rings is 1. The maximum atomic E-state index is 13.7. The number of hydrogen-bond donors (Lipinski definition) is 3. The van der Waals surface area contributed by atoms with Crippen LogP contribution in [0.4, 0.5) is 26.0 Å². The van der Waals surface area contributed by atoms with Gasteiger partial charge in [-0.15, -0.1) is 0 Å². The lowest BCUT2D eigenvalue weighted by molar-refractivity contribution is 0.0904. The summed E-state index contributed by atoms with van der Waals surface area (Å²) in [6.45, 7) is 5.19. The van der Waals surface area contributed by atoms with Gasteiger partial charge < -0.3 is 25.2 Å². The fourth-order valence-corrected chi connectivity index (χ4v) is 5.94. The summed E-state index contributed by atoms with van der Waals surface area (Å²) in [4.78, 5) is 23.3. The number of aromatic nitrogens is 3. The zero-order valence-electron chi connectivity index (χ0n) is 22.6. The molecule has 41 heavy (non-hydrogen) atoms. The van der Waals surface area contributed by atoms with Gasteiger partial charge in [0.2, 0.25) is 0 Å². The second-order valence-corrected chi connectivity index (χ2v) is 11.4. The standard InChI is InChI=1S/C29H31F2N7O2S/c1-37-8-10-38(11-9-37)21-2-3-23(25(17-21)32-20-6-12-40-13-7-20)29(39)34-28-27-24(35-36-28)4-5-26(33-27)41-22-15-18(30)14-19(31)16-22/h2-5,14-17,20,32H,6-13H2,1H3,(H2,34,35,36,39). The summed E-state index contributed by atoms with van der Waals surface area (Å²) in [7, 11) is 2.12. The Labute approximate surface area is 240 Å². The minimum absolute atomic E-state index is 0.207. The van der Waals surface area contributed by atoms with E-state index in [0.717, 1.165) is 68.2 Å². The quantitative estimate of drug-likeness (QED) is 0.282. The van der Waals surface area contributed by atoms with E-state index in [9.17, 15) is 13.6 Å². The number of hydrogen-bond acceptors (Lipinski definition) is 8. The van der Waals surface area contributed by atoms with E-state index in [1.165, 1.54) is 12.1 Å². The highest BCUT2D eigenvalue weighted by atomic mass is 32.2. The molecule has 0 aliphatic carbocycles. The topological polar surface area (TPSA) is 98.4 Å². The zero-order valence-corrected chi connectivity index (χ0v) is 23.4. The number of rotatable bonds is 7. The van der Waals surface area contributed by atoms with Crippen LogP contribution in [0.3, 0.4) is 0 Å². The maximum absolute atomic E-state index is 13.7. The Hall–Kier alpha value is -3.74. The monoisotopic (exact) mass is 579 g/mol. The second-order valence-electron chi connectivity index (χ2n) is 10.3. The molecule has 2 aliphatic heterocycles. The predicted molar refractivity (Wildman–Crippen MR) is 156 cm³/mol. The van der Waals surface area contributed by atoms with E-state index in [2.05, 4.69) is 48.7 Å². The van der Waals surface area contributed by atoms with Gasteiger partial charge in [-0.2, -0.15) is 5.10 Å². The van der Waals surface area contributed by atoms with Crippen molar-refractivity contribution in [3.8, 4) is 0 Å². The highest BCUT2D eigenvalue weighted by Gasteiger charge is 2.22. The summed E-state index contributed by atoms with van der Waals surface area (Å²) in [5, 5.41) is 14.2. The molecule has 2 aromatic carbocycles. The Morgan fingerprint density at radius 1 is 1.02 bits per heavy atom. The van der Waals surface area contributed by atoms with Crippen LogP contribution in [-0.2, 0) is 4.74 Å². The molecule has 0 unspecified atom stereocenters. The van der Waals surface area contributed by atoms with Gasteiger partial charge in [-0.3, -0.25) is 9.89 Å². The molecule has 2 aliphatic rings. The highest BCUT2D eigenvalue weighted by Crippen LogP contribution is 2.31. The van der Waals surface area contributed by atoms with E-state index in [4.69, 9.17) is 4.74 Å².